The van der Waals surface area contributed by atoms with Crippen LogP contribution in [0.5, 0.6) is 0 Å². The standard InChI is InChI=1S/C17H25N3O3S/c1-4-12(2)16(22)18-11-15(21)19-7-9-20(10-8-19)17(23)14-6-5-13(3)24-14/h5-6,12H,4,7-11H2,1-3H3,(H,18,22). The number of rotatable bonds is 5. The van der Waals surface area contributed by atoms with E-state index in [1.54, 1.807) is 9.80 Å². The van der Waals surface area contributed by atoms with Crippen molar-refractivity contribution in [2.45, 2.75) is 27.2 Å². The summed E-state index contributed by atoms with van der Waals surface area (Å²) in [7, 11) is 0. The SMILES string of the molecule is CCC(C)C(=O)NCC(=O)N1CCN(C(=O)c2ccc(C)s2)CC1. The van der Waals surface area contributed by atoms with Crippen molar-refractivity contribution in [3.63, 3.8) is 0 Å². The summed E-state index contributed by atoms with van der Waals surface area (Å²) in [5.41, 5.74) is 0. The number of piperazine rings is 1. The van der Waals surface area contributed by atoms with Crippen molar-refractivity contribution >= 4 is 29.1 Å². The number of amides is 3. The van der Waals surface area contributed by atoms with E-state index in [1.165, 1.54) is 11.3 Å². The number of carbonyl (C=O) groups excluding carboxylic acids is 3. The van der Waals surface area contributed by atoms with Gasteiger partial charge in [-0.15, -0.1) is 11.3 Å². The summed E-state index contributed by atoms with van der Waals surface area (Å²) in [5.74, 6) is -0.231. The molecule has 24 heavy (non-hydrogen) atoms. The second-order valence-electron chi connectivity index (χ2n) is 6.11. The fourth-order valence-corrected chi connectivity index (χ4v) is 3.33. The zero-order valence-electron chi connectivity index (χ0n) is 14.5. The monoisotopic (exact) mass is 351 g/mol. The largest absolute Gasteiger partial charge is 0.347 e. The molecule has 2 heterocycles. The molecule has 3 amide bonds. The van der Waals surface area contributed by atoms with Gasteiger partial charge >= 0.3 is 0 Å². The van der Waals surface area contributed by atoms with E-state index >= 15 is 0 Å². The van der Waals surface area contributed by atoms with Gasteiger partial charge in [-0.3, -0.25) is 14.4 Å². The van der Waals surface area contributed by atoms with Crippen LogP contribution >= 0.6 is 11.3 Å². The van der Waals surface area contributed by atoms with Crippen molar-refractivity contribution in [2.24, 2.45) is 5.92 Å². The maximum Gasteiger partial charge on any atom is 0.264 e. The van der Waals surface area contributed by atoms with Crippen LogP contribution in [0.25, 0.3) is 0 Å². The minimum absolute atomic E-state index is 0.0290. The number of nitrogens with zero attached hydrogens (tertiary/aromatic N) is 2. The van der Waals surface area contributed by atoms with E-state index < -0.39 is 0 Å². The molecule has 132 valence electrons. The summed E-state index contributed by atoms with van der Waals surface area (Å²) in [4.78, 5) is 41.6. The van der Waals surface area contributed by atoms with Crippen LogP contribution in [0.3, 0.4) is 0 Å². The Morgan fingerprint density at radius 3 is 2.33 bits per heavy atom. The summed E-state index contributed by atoms with van der Waals surface area (Å²) in [6.45, 7) is 7.87. The molecule has 1 fully saturated rings. The van der Waals surface area contributed by atoms with E-state index in [0.29, 0.717) is 26.2 Å². The van der Waals surface area contributed by atoms with E-state index in [4.69, 9.17) is 0 Å². The fraction of sp³-hybridized carbons (Fsp3) is 0.588. The molecule has 0 spiro atoms. The lowest BCUT2D eigenvalue weighted by Crippen LogP contribution is -2.52. The van der Waals surface area contributed by atoms with Crippen molar-refractivity contribution in [3.8, 4) is 0 Å². The van der Waals surface area contributed by atoms with Crippen LogP contribution in [0.15, 0.2) is 12.1 Å². The molecule has 1 aliphatic heterocycles. The first-order chi connectivity index (χ1) is 11.4. The van der Waals surface area contributed by atoms with Gasteiger partial charge in [-0.1, -0.05) is 13.8 Å². The van der Waals surface area contributed by atoms with Crippen molar-refractivity contribution in [2.75, 3.05) is 32.7 Å². The quantitative estimate of drug-likeness (QED) is 0.874. The molecule has 1 atom stereocenters. The first-order valence-electron chi connectivity index (χ1n) is 8.33. The molecule has 0 bridgehead atoms. The second kappa shape index (κ2) is 8.28. The Morgan fingerprint density at radius 2 is 1.79 bits per heavy atom. The highest BCUT2D eigenvalue weighted by molar-refractivity contribution is 7.13. The molecule has 1 aromatic rings. The molecule has 0 radical (unpaired) electrons. The van der Waals surface area contributed by atoms with Crippen molar-refractivity contribution in [3.05, 3.63) is 21.9 Å². The highest BCUT2D eigenvalue weighted by Crippen LogP contribution is 2.18. The van der Waals surface area contributed by atoms with Crippen LogP contribution in [0.4, 0.5) is 0 Å². The zero-order valence-corrected chi connectivity index (χ0v) is 15.3. The van der Waals surface area contributed by atoms with Gasteiger partial charge in [0.15, 0.2) is 0 Å². The molecule has 1 N–H and O–H groups in total. The number of hydrogen-bond acceptors (Lipinski definition) is 4. The smallest absolute Gasteiger partial charge is 0.264 e. The van der Waals surface area contributed by atoms with Crippen LogP contribution in [-0.4, -0.2) is 60.2 Å². The third-order valence-corrected chi connectivity index (χ3v) is 5.33. The first kappa shape index (κ1) is 18.4. The average molecular weight is 351 g/mol. The van der Waals surface area contributed by atoms with Gasteiger partial charge in [-0.2, -0.15) is 0 Å². The number of aryl methyl sites for hydroxylation is 1. The molecule has 0 aromatic carbocycles. The van der Waals surface area contributed by atoms with Crippen LogP contribution in [0.1, 0.15) is 34.8 Å². The number of carbonyl (C=O) groups is 3. The van der Waals surface area contributed by atoms with E-state index in [9.17, 15) is 14.4 Å². The lowest BCUT2D eigenvalue weighted by molar-refractivity contribution is -0.134. The summed E-state index contributed by atoms with van der Waals surface area (Å²) in [5, 5.41) is 2.68. The van der Waals surface area contributed by atoms with Gasteiger partial charge in [0.05, 0.1) is 11.4 Å². The highest BCUT2D eigenvalue weighted by Gasteiger charge is 2.25. The molecule has 1 unspecified atom stereocenters. The average Bonchev–Trinajstić information content (AvgIpc) is 3.04. The molecule has 0 aliphatic carbocycles. The van der Waals surface area contributed by atoms with Gasteiger partial charge < -0.3 is 15.1 Å². The molecule has 1 saturated heterocycles. The molecule has 2 rings (SSSR count). The molecule has 0 saturated carbocycles. The predicted molar refractivity (Wildman–Crippen MR) is 94.0 cm³/mol. The first-order valence-corrected chi connectivity index (χ1v) is 9.15. The minimum atomic E-state index is -0.0919. The maximum atomic E-state index is 12.4. The Kier molecular flexibility index (Phi) is 6.36. The molecule has 1 aromatic heterocycles. The topological polar surface area (TPSA) is 69.7 Å². The van der Waals surface area contributed by atoms with Gasteiger partial charge in [-0.05, 0) is 25.5 Å². The van der Waals surface area contributed by atoms with E-state index in [2.05, 4.69) is 5.32 Å². The summed E-state index contributed by atoms with van der Waals surface area (Å²) >= 11 is 1.49. The Balaban J connectivity index is 1.78. The van der Waals surface area contributed by atoms with Crippen LogP contribution in [0.2, 0.25) is 0 Å². The van der Waals surface area contributed by atoms with Crippen molar-refractivity contribution < 1.29 is 14.4 Å². The molecule has 1 aliphatic rings. The van der Waals surface area contributed by atoms with Crippen molar-refractivity contribution in [1.29, 1.82) is 0 Å². The third-order valence-electron chi connectivity index (χ3n) is 4.34. The van der Waals surface area contributed by atoms with Gasteiger partial charge in [0.1, 0.15) is 0 Å². The minimum Gasteiger partial charge on any atom is -0.347 e. The van der Waals surface area contributed by atoms with E-state index in [0.717, 1.165) is 16.2 Å². The van der Waals surface area contributed by atoms with Gasteiger partial charge in [0.25, 0.3) is 5.91 Å². The molecular weight excluding hydrogens is 326 g/mol. The van der Waals surface area contributed by atoms with Gasteiger partial charge in [-0.25, -0.2) is 0 Å². The number of nitrogens with one attached hydrogen (secondary N) is 1. The predicted octanol–water partition coefficient (Wildman–Crippen LogP) is 1.50. The Labute approximate surface area is 146 Å². The molecular formula is C17H25N3O3S. The normalized spacial score (nSPS) is 16.0. The highest BCUT2D eigenvalue weighted by atomic mass is 32.1. The fourth-order valence-electron chi connectivity index (χ4n) is 2.50. The zero-order chi connectivity index (χ0) is 17.7. The summed E-state index contributed by atoms with van der Waals surface area (Å²) in [6, 6.07) is 3.79. The lowest BCUT2D eigenvalue weighted by Gasteiger charge is -2.34. The van der Waals surface area contributed by atoms with Gasteiger partial charge in [0.2, 0.25) is 11.8 Å². The maximum absolute atomic E-state index is 12.4. The Bertz CT molecular complexity index is 606. The van der Waals surface area contributed by atoms with Crippen LogP contribution in [-0.2, 0) is 9.59 Å². The summed E-state index contributed by atoms with van der Waals surface area (Å²) < 4.78 is 0. The molecule has 7 heteroatoms. The number of thiophene rings is 1. The Hall–Kier alpha value is -1.89. The van der Waals surface area contributed by atoms with E-state index in [1.807, 2.05) is 32.9 Å². The van der Waals surface area contributed by atoms with Crippen LogP contribution < -0.4 is 5.32 Å². The van der Waals surface area contributed by atoms with E-state index in [-0.39, 0.29) is 30.2 Å². The summed E-state index contributed by atoms with van der Waals surface area (Å²) in [6.07, 6.45) is 0.753. The van der Waals surface area contributed by atoms with Crippen molar-refractivity contribution in [1.82, 2.24) is 15.1 Å². The van der Waals surface area contributed by atoms with Gasteiger partial charge in [0, 0.05) is 37.0 Å². The molecule has 6 nitrogen and oxygen atoms in total. The third kappa shape index (κ3) is 4.56. The van der Waals surface area contributed by atoms with Crippen LogP contribution in [0, 0.1) is 12.8 Å². The lowest BCUT2D eigenvalue weighted by atomic mass is 10.1. The Morgan fingerprint density at radius 1 is 1.17 bits per heavy atom. The second-order valence-corrected chi connectivity index (χ2v) is 7.40. The number of hydrogen-bond donors (Lipinski definition) is 1.